The molecule has 2 aromatic carbocycles. The van der Waals surface area contributed by atoms with Crippen LogP contribution < -0.4 is 14.3 Å². The van der Waals surface area contributed by atoms with Gasteiger partial charge in [-0.15, -0.1) is 0 Å². The lowest BCUT2D eigenvalue weighted by Gasteiger charge is -2.32. The van der Waals surface area contributed by atoms with Crippen molar-refractivity contribution in [2.45, 2.75) is 32.8 Å². The minimum Gasteiger partial charge on any atom is -0.497 e. The van der Waals surface area contributed by atoms with Gasteiger partial charge in [0.1, 0.15) is 23.2 Å². The Morgan fingerprint density at radius 2 is 1.74 bits per heavy atom. The third-order valence-corrected chi connectivity index (χ3v) is 5.91. The smallest absolute Gasteiger partial charge is 0.410 e. The van der Waals surface area contributed by atoms with Gasteiger partial charge in [-0.25, -0.2) is 19.3 Å². The van der Waals surface area contributed by atoms with E-state index in [1.807, 2.05) is 0 Å². The van der Waals surface area contributed by atoms with Crippen LogP contribution in [0.2, 0.25) is 0 Å². The predicted molar refractivity (Wildman–Crippen MR) is 142 cm³/mol. The normalized spacial score (nSPS) is 16.5. The van der Waals surface area contributed by atoms with E-state index in [-0.39, 0.29) is 24.6 Å². The number of aromatic nitrogens is 2. The second-order valence-corrected chi connectivity index (χ2v) is 9.86. The molecule has 0 saturated carbocycles. The summed E-state index contributed by atoms with van der Waals surface area (Å²) in [6, 6.07) is 14.6. The molecule has 2 heterocycles. The van der Waals surface area contributed by atoms with Crippen molar-refractivity contribution in [3.8, 4) is 11.4 Å². The highest BCUT2D eigenvalue weighted by Crippen LogP contribution is 2.31. The van der Waals surface area contributed by atoms with Crippen LogP contribution in [0.5, 0.6) is 5.75 Å². The summed E-state index contributed by atoms with van der Waals surface area (Å²) in [6.45, 7) is 5.47. The number of hydrogen-bond acceptors (Lipinski definition) is 8. The van der Waals surface area contributed by atoms with E-state index in [9.17, 15) is 19.5 Å². The van der Waals surface area contributed by atoms with Crippen LogP contribution in [0.1, 0.15) is 37.6 Å². The Hall–Kier alpha value is -4.77. The number of ether oxygens (including phenoxy) is 2. The quantitative estimate of drug-likeness (QED) is 0.257. The van der Waals surface area contributed by atoms with Crippen LogP contribution in [0.4, 0.5) is 15.3 Å². The van der Waals surface area contributed by atoms with Gasteiger partial charge in [-0.2, -0.15) is 9.58 Å². The number of amides is 2. The summed E-state index contributed by atoms with van der Waals surface area (Å²) in [7, 11) is 1.57. The highest BCUT2D eigenvalue weighted by atomic mass is 16.6. The molecule has 1 aromatic heterocycles. The average molecular weight is 532 g/mol. The number of amidine groups is 1. The summed E-state index contributed by atoms with van der Waals surface area (Å²) in [5.41, 5.74) is 0.813. The Bertz CT molecular complexity index is 1410. The number of hydrogen-bond donors (Lipinski definition) is 0. The number of carbonyl (C=O) groups is 3. The van der Waals surface area contributed by atoms with E-state index < -0.39 is 28.2 Å². The van der Waals surface area contributed by atoms with Gasteiger partial charge in [0.15, 0.2) is 0 Å². The lowest BCUT2D eigenvalue weighted by atomic mass is 10.2. The lowest BCUT2D eigenvalue weighted by Crippen LogP contribution is -2.59. The molecule has 1 aliphatic rings. The molecule has 1 atom stereocenters. The molecule has 0 bridgehead atoms. The molecular weight excluding hydrogens is 502 g/mol. The molecule has 3 aromatic rings. The Kier molecular flexibility index (Phi) is 7.63. The molecule has 11 heteroatoms. The first-order chi connectivity index (χ1) is 18.5. The SMILES string of the molecule is CN(CCC1=NC=C[N+]1(C(=O)[O-])c1ccc(OC(=O)c2ccc(-n3cccn3)cc2)cc1)C(=O)OC(C)(C)C. The first-order valence-corrected chi connectivity index (χ1v) is 12.2. The fourth-order valence-electron chi connectivity index (χ4n) is 3.93. The Morgan fingerprint density at radius 1 is 1.05 bits per heavy atom. The van der Waals surface area contributed by atoms with Crippen molar-refractivity contribution in [2.75, 3.05) is 13.6 Å². The van der Waals surface area contributed by atoms with Crippen LogP contribution in [0.15, 0.2) is 84.4 Å². The van der Waals surface area contributed by atoms with Gasteiger partial charge in [-0.1, -0.05) is 0 Å². The van der Waals surface area contributed by atoms with Crippen molar-refractivity contribution in [2.24, 2.45) is 4.99 Å². The van der Waals surface area contributed by atoms with Crippen molar-refractivity contribution < 1.29 is 29.0 Å². The van der Waals surface area contributed by atoms with Crippen molar-refractivity contribution >= 4 is 29.7 Å². The monoisotopic (exact) mass is 531 g/mol. The zero-order valence-corrected chi connectivity index (χ0v) is 22.1. The third kappa shape index (κ3) is 6.04. The molecule has 0 saturated heterocycles. The molecule has 202 valence electrons. The number of benzene rings is 2. The van der Waals surface area contributed by atoms with Crippen LogP contribution >= 0.6 is 0 Å². The fraction of sp³-hybridized carbons (Fsp3) is 0.250. The number of nitrogens with zero attached hydrogens (tertiary/aromatic N) is 5. The largest absolute Gasteiger partial charge is 0.497 e. The van der Waals surface area contributed by atoms with Gasteiger partial charge < -0.3 is 24.3 Å². The molecule has 0 aliphatic carbocycles. The van der Waals surface area contributed by atoms with Crippen LogP contribution in [-0.2, 0) is 4.74 Å². The van der Waals surface area contributed by atoms with Crippen molar-refractivity contribution in [1.82, 2.24) is 19.2 Å². The predicted octanol–water partition coefficient (Wildman–Crippen LogP) is 3.88. The van der Waals surface area contributed by atoms with E-state index in [1.165, 1.54) is 41.6 Å². The number of carbonyl (C=O) groups excluding carboxylic acids is 3. The van der Waals surface area contributed by atoms with E-state index in [2.05, 4.69) is 10.1 Å². The highest BCUT2D eigenvalue weighted by molar-refractivity contribution is 6.10. The molecule has 11 nitrogen and oxygen atoms in total. The molecule has 4 rings (SSSR count). The van der Waals surface area contributed by atoms with E-state index >= 15 is 0 Å². The number of aliphatic imine (C=N–C) groups is 1. The minimum absolute atomic E-state index is 0.155. The molecule has 0 fully saturated rings. The number of esters is 1. The fourth-order valence-corrected chi connectivity index (χ4v) is 3.93. The molecule has 2 amide bonds. The van der Waals surface area contributed by atoms with Crippen molar-refractivity contribution in [3.05, 3.63) is 85.0 Å². The van der Waals surface area contributed by atoms with E-state index in [1.54, 1.807) is 75.2 Å². The maximum Gasteiger partial charge on any atom is 0.410 e. The van der Waals surface area contributed by atoms with Gasteiger partial charge in [-0.3, -0.25) is 0 Å². The summed E-state index contributed by atoms with van der Waals surface area (Å²) in [5, 5.41) is 16.5. The van der Waals surface area contributed by atoms with Crippen molar-refractivity contribution in [3.63, 3.8) is 0 Å². The van der Waals surface area contributed by atoms with Crippen LogP contribution in [0.25, 0.3) is 5.69 Å². The summed E-state index contributed by atoms with van der Waals surface area (Å²) in [4.78, 5) is 42.9. The minimum atomic E-state index is -1.41. The number of carboxylic acid groups (broad SMARTS) is 1. The van der Waals surface area contributed by atoms with Gasteiger partial charge in [0.25, 0.3) is 6.09 Å². The first-order valence-electron chi connectivity index (χ1n) is 12.2. The lowest BCUT2D eigenvalue weighted by molar-refractivity contribution is -0.257. The van der Waals surface area contributed by atoms with E-state index in [0.717, 1.165) is 5.69 Å². The Morgan fingerprint density at radius 3 is 2.33 bits per heavy atom. The highest BCUT2D eigenvalue weighted by Gasteiger charge is 2.41. The maximum absolute atomic E-state index is 12.6. The second-order valence-electron chi connectivity index (χ2n) is 9.86. The molecule has 0 N–H and O–H groups in total. The van der Waals surface area contributed by atoms with Gasteiger partial charge in [0.05, 0.1) is 23.9 Å². The Balaban J connectivity index is 1.44. The summed E-state index contributed by atoms with van der Waals surface area (Å²) in [6.07, 6.45) is 4.45. The van der Waals surface area contributed by atoms with E-state index in [4.69, 9.17) is 9.47 Å². The maximum atomic E-state index is 12.6. The van der Waals surface area contributed by atoms with Crippen molar-refractivity contribution in [1.29, 1.82) is 0 Å². The van der Waals surface area contributed by atoms with Gasteiger partial charge >= 0.3 is 12.1 Å². The summed E-state index contributed by atoms with van der Waals surface area (Å²) < 4.78 is 11.7. The average Bonchev–Trinajstić information content (AvgIpc) is 3.58. The topological polar surface area (TPSA) is 126 Å². The summed E-state index contributed by atoms with van der Waals surface area (Å²) in [5.74, 6) is -0.0674. The molecule has 1 unspecified atom stereocenters. The zero-order valence-electron chi connectivity index (χ0n) is 22.1. The molecule has 39 heavy (non-hydrogen) atoms. The molecule has 0 spiro atoms. The second kappa shape index (κ2) is 10.9. The number of quaternary nitrogens is 1. The first kappa shape index (κ1) is 27.3. The van der Waals surface area contributed by atoms with Crippen LogP contribution in [-0.4, -0.2) is 57.9 Å². The third-order valence-electron chi connectivity index (χ3n) is 5.91. The molecule has 0 radical (unpaired) electrons. The van der Waals surface area contributed by atoms with Gasteiger partial charge in [-0.05, 0) is 63.2 Å². The molecular formula is C28H29N5O6. The van der Waals surface area contributed by atoms with E-state index in [0.29, 0.717) is 11.3 Å². The number of rotatable bonds is 7. The Labute approximate surface area is 225 Å². The van der Waals surface area contributed by atoms with Crippen LogP contribution in [0.3, 0.4) is 0 Å². The standard InChI is InChI=1S/C28H29N5O6/c1-28(2,3)39-26(35)31(4)18-14-24-29-16-19-33(24,27(36)37)22-10-12-23(13-11-22)38-25(34)20-6-8-21(9-7-20)32-17-5-15-30-32/h5-13,15-17,19H,14,18H2,1-4H3. The van der Waals surface area contributed by atoms with Crippen LogP contribution in [0, 0.1) is 0 Å². The summed E-state index contributed by atoms with van der Waals surface area (Å²) >= 11 is 0. The van der Waals surface area contributed by atoms with Gasteiger partial charge in [0, 0.05) is 38.1 Å². The zero-order chi connectivity index (χ0) is 28.2. The molecule has 1 aliphatic heterocycles. The van der Waals surface area contributed by atoms with Gasteiger partial charge in [0.2, 0.25) is 5.84 Å².